The number of nitrogens with one attached hydrogen (secondary N) is 2. The zero-order valence-corrected chi connectivity index (χ0v) is 16.1. The van der Waals surface area contributed by atoms with Crippen molar-refractivity contribution in [3.8, 4) is 46.2 Å². The topological polar surface area (TPSA) is 83.8 Å². The van der Waals surface area contributed by atoms with Crippen molar-refractivity contribution >= 4 is 5.91 Å². The summed E-state index contributed by atoms with van der Waals surface area (Å²) >= 11 is 0. The second kappa shape index (κ2) is 8.05. The standard InChI is InChI=1S/C23H17FN4O2/c1-3-11-25-23(29)16-9-7-15(8-10-16)22-26-13-19(27-22)20-14(2)30-28-21(20)17-5-4-6-18(24)12-17/h1,4-10,12-13H,11H2,2H3,(H,25,29)(H,26,27). The summed E-state index contributed by atoms with van der Waals surface area (Å²) in [5.41, 5.74) is 3.74. The van der Waals surface area contributed by atoms with Crippen LogP contribution in [0.3, 0.4) is 0 Å². The Bertz CT molecular complexity index is 1250. The third kappa shape index (κ3) is 3.71. The molecule has 0 atom stereocenters. The largest absolute Gasteiger partial charge is 0.360 e. The van der Waals surface area contributed by atoms with Crippen LogP contribution in [0.4, 0.5) is 4.39 Å². The van der Waals surface area contributed by atoms with Gasteiger partial charge in [-0.1, -0.05) is 35.3 Å². The van der Waals surface area contributed by atoms with Crippen molar-refractivity contribution in [1.82, 2.24) is 20.4 Å². The summed E-state index contributed by atoms with van der Waals surface area (Å²) in [7, 11) is 0. The molecular formula is C23H17FN4O2. The van der Waals surface area contributed by atoms with Crippen molar-refractivity contribution in [2.75, 3.05) is 6.54 Å². The van der Waals surface area contributed by atoms with Gasteiger partial charge in [0.15, 0.2) is 0 Å². The summed E-state index contributed by atoms with van der Waals surface area (Å²) in [6, 6.07) is 13.1. The van der Waals surface area contributed by atoms with Crippen LogP contribution in [0.5, 0.6) is 0 Å². The molecule has 4 aromatic rings. The number of aromatic nitrogens is 3. The fourth-order valence-corrected chi connectivity index (χ4v) is 3.12. The number of halogens is 1. The lowest BCUT2D eigenvalue weighted by Gasteiger charge is -2.03. The molecule has 0 fully saturated rings. The van der Waals surface area contributed by atoms with E-state index in [4.69, 9.17) is 10.9 Å². The van der Waals surface area contributed by atoms with Gasteiger partial charge in [-0.05, 0) is 31.2 Å². The van der Waals surface area contributed by atoms with Crippen LogP contribution < -0.4 is 5.32 Å². The molecule has 0 saturated heterocycles. The number of imidazole rings is 1. The Morgan fingerprint density at radius 3 is 2.77 bits per heavy atom. The van der Waals surface area contributed by atoms with Crippen LogP contribution in [0.15, 0.2) is 59.3 Å². The summed E-state index contributed by atoms with van der Waals surface area (Å²) in [6.45, 7) is 1.96. The van der Waals surface area contributed by atoms with E-state index in [1.807, 2.05) is 0 Å². The van der Waals surface area contributed by atoms with E-state index in [1.54, 1.807) is 49.5 Å². The molecule has 30 heavy (non-hydrogen) atoms. The highest BCUT2D eigenvalue weighted by Gasteiger charge is 2.20. The van der Waals surface area contributed by atoms with Crippen molar-refractivity contribution in [2.45, 2.75) is 6.92 Å². The minimum atomic E-state index is -0.354. The van der Waals surface area contributed by atoms with Crippen LogP contribution in [-0.2, 0) is 0 Å². The third-order valence-corrected chi connectivity index (χ3v) is 4.57. The molecule has 2 heterocycles. The highest BCUT2D eigenvalue weighted by Crippen LogP contribution is 2.34. The first kappa shape index (κ1) is 19.2. The highest BCUT2D eigenvalue weighted by molar-refractivity contribution is 5.94. The van der Waals surface area contributed by atoms with Gasteiger partial charge in [0, 0.05) is 22.9 Å². The molecule has 0 saturated carbocycles. The second-order valence-corrected chi connectivity index (χ2v) is 6.57. The van der Waals surface area contributed by atoms with E-state index in [0.29, 0.717) is 39.7 Å². The Labute approximate surface area is 172 Å². The molecule has 0 bridgehead atoms. The van der Waals surface area contributed by atoms with E-state index >= 15 is 0 Å². The normalized spacial score (nSPS) is 10.6. The van der Waals surface area contributed by atoms with Gasteiger partial charge in [-0.3, -0.25) is 4.79 Å². The molecule has 0 aliphatic rings. The smallest absolute Gasteiger partial charge is 0.252 e. The fraction of sp³-hybridized carbons (Fsp3) is 0.0870. The number of carbonyl (C=O) groups excluding carboxylic acids is 1. The molecule has 2 aromatic heterocycles. The number of hydrogen-bond donors (Lipinski definition) is 2. The summed E-state index contributed by atoms with van der Waals surface area (Å²) < 4.78 is 19.0. The SMILES string of the molecule is C#CCNC(=O)c1ccc(-c2nc(-c3c(-c4cccc(F)c4)noc3C)c[nH]2)cc1. The van der Waals surface area contributed by atoms with E-state index in [0.717, 1.165) is 5.56 Å². The second-order valence-electron chi connectivity index (χ2n) is 6.57. The monoisotopic (exact) mass is 400 g/mol. The average molecular weight is 400 g/mol. The van der Waals surface area contributed by atoms with Gasteiger partial charge < -0.3 is 14.8 Å². The molecule has 4 rings (SSSR count). The number of carbonyl (C=O) groups is 1. The number of terminal acetylenes is 1. The Morgan fingerprint density at radius 2 is 2.03 bits per heavy atom. The lowest BCUT2D eigenvalue weighted by atomic mass is 10.0. The molecule has 2 aromatic carbocycles. The maximum atomic E-state index is 13.7. The Hall–Kier alpha value is -4.18. The number of H-pyrrole nitrogens is 1. The van der Waals surface area contributed by atoms with E-state index < -0.39 is 0 Å². The molecule has 0 radical (unpaired) electrons. The number of amides is 1. The molecule has 2 N–H and O–H groups in total. The molecule has 0 spiro atoms. The van der Waals surface area contributed by atoms with Gasteiger partial charge in [-0.2, -0.15) is 0 Å². The Balaban J connectivity index is 1.64. The first-order chi connectivity index (χ1) is 14.6. The number of aromatic amines is 1. The number of rotatable bonds is 5. The molecule has 6 nitrogen and oxygen atoms in total. The first-order valence-corrected chi connectivity index (χ1v) is 9.17. The number of aryl methyl sites for hydroxylation is 1. The van der Waals surface area contributed by atoms with Gasteiger partial charge in [-0.25, -0.2) is 9.37 Å². The van der Waals surface area contributed by atoms with Crippen LogP contribution in [0, 0.1) is 25.1 Å². The van der Waals surface area contributed by atoms with E-state index in [2.05, 4.69) is 26.4 Å². The zero-order valence-electron chi connectivity index (χ0n) is 16.1. The lowest BCUT2D eigenvalue weighted by molar-refractivity contribution is 0.0958. The Morgan fingerprint density at radius 1 is 1.23 bits per heavy atom. The zero-order chi connectivity index (χ0) is 21.1. The number of hydrogen-bond acceptors (Lipinski definition) is 4. The van der Waals surface area contributed by atoms with Gasteiger partial charge in [0.1, 0.15) is 23.1 Å². The predicted molar refractivity (Wildman–Crippen MR) is 111 cm³/mol. The summed E-state index contributed by atoms with van der Waals surface area (Å²) in [5.74, 6) is 2.97. The average Bonchev–Trinajstić information content (AvgIpc) is 3.38. The lowest BCUT2D eigenvalue weighted by Crippen LogP contribution is -2.23. The highest BCUT2D eigenvalue weighted by atomic mass is 19.1. The summed E-state index contributed by atoms with van der Waals surface area (Å²) in [5, 5.41) is 6.71. The summed E-state index contributed by atoms with van der Waals surface area (Å²) in [6.07, 6.45) is 6.90. The molecule has 0 aliphatic carbocycles. The first-order valence-electron chi connectivity index (χ1n) is 9.17. The van der Waals surface area contributed by atoms with Crippen LogP contribution in [0.2, 0.25) is 0 Å². The molecular weight excluding hydrogens is 383 g/mol. The summed E-state index contributed by atoms with van der Waals surface area (Å²) in [4.78, 5) is 19.7. The maximum Gasteiger partial charge on any atom is 0.252 e. The van der Waals surface area contributed by atoms with Crippen molar-refractivity contribution in [3.05, 3.63) is 71.9 Å². The van der Waals surface area contributed by atoms with E-state index in [1.165, 1.54) is 12.1 Å². The molecule has 0 aliphatic heterocycles. The van der Waals surface area contributed by atoms with Crippen LogP contribution in [0.1, 0.15) is 16.1 Å². The van der Waals surface area contributed by atoms with Gasteiger partial charge in [0.2, 0.25) is 0 Å². The van der Waals surface area contributed by atoms with Gasteiger partial charge in [0.25, 0.3) is 5.91 Å². The van der Waals surface area contributed by atoms with Crippen molar-refractivity contribution in [1.29, 1.82) is 0 Å². The number of benzene rings is 2. The van der Waals surface area contributed by atoms with Crippen LogP contribution in [0.25, 0.3) is 33.9 Å². The molecule has 7 heteroatoms. The van der Waals surface area contributed by atoms with Crippen molar-refractivity contribution in [3.63, 3.8) is 0 Å². The fourth-order valence-electron chi connectivity index (χ4n) is 3.12. The van der Waals surface area contributed by atoms with Crippen LogP contribution in [-0.4, -0.2) is 27.6 Å². The molecule has 0 unspecified atom stereocenters. The quantitative estimate of drug-likeness (QED) is 0.492. The predicted octanol–water partition coefficient (Wildman–Crippen LogP) is 4.21. The minimum Gasteiger partial charge on any atom is -0.360 e. The molecule has 148 valence electrons. The minimum absolute atomic E-state index is 0.174. The van der Waals surface area contributed by atoms with E-state index in [9.17, 15) is 9.18 Å². The van der Waals surface area contributed by atoms with Crippen molar-refractivity contribution < 1.29 is 13.7 Å². The van der Waals surface area contributed by atoms with E-state index in [-0.39, 0.29) is 18.3 Å². The third-order valence-electron chi connectivity index (χ3n) is 4.57. The van der Waals surface area contributed by atoms with Gasteiger partial charge in [-0.15, -0.1) is 6.42 Å². The number of nitrogens with zero attached hydrogens (tertiary/aromatic N) is 2. The molecule has 1 amide bonds. The van der Waals surface area contributed by atoms with Crippen molar-refractivity contribution in [2.24, 2.45) is 0 Å². The maximum absolute atomic E-state index is 13.7. The van der Waals surface area contributed by atoms with Gasteiger partial charge >= 0.3 is 0 Å². The van der Waals surface area contributed by atoms with Crippen LogP contribution >= 0.6 is 0 Å². The van der Waals surface area contributed by atoms with Gasteiger partial charge in [0.05, 0.1) is 17.8 Å². The Kier molecular flexibility index (Phi) is 5.14.